The summed E-state index contributed by atoms with van der Waals surface area (Å²) >= 11 is 0. The van der Waals surface area contributed by atoms with Crippen molar-refractivity contribution in [3.8, 4) is 0 Å². The maximum atomic E-state index is 12.7. The van der Waals surface area contributed by atoms with Gasteiger partial charge < -0.3 is 20.7 Å². The predicted octanol–water partition coefficient (Wildman–Crippen LogP) is 0.339. The van der Waals surface area contributed by atoms with Gasteiger partial charge in [0, 0.05) is 30.5 Å². The summed E-state index contributed by atoms with van der Waals surface area (Å²) in [6.07, 6.45) is 3.43. The van der Waals surface area contributed by atoms with E-state index in [2.05, 4.69) is 31.1 Å². The summed E-state index contributed by atoms with van der Waals surface area (Å²) in [4.78, 5) is 15.0. The van der Waals surface area contributed by atoms with Crippen LogP contribution in [0, 0.1) is 11.3 Å². The molecule has 2 heterocycles. The number of carbonyl (C=O) groups is 1. The molecule has 3 rings (SSSR count). The molecule has 2 saturated heterocycles. The van der Waals surface area contributed by atoms with E-state index in [1.54, 1.807) is 0 Å². The molecular weight excluding hydrogens is 254 g/mol. The minimum atomic E-state index is -0.772. The van der Waals surface area contributed by atoms with E-state index in [1.165, 1.54) is 6.42 Å². The molecule has 4 atom stereocenters. The highest BCUT2D eigenvalue weighted by Crippen LogP contribution is 2.58. The van der Waals surface area contributed by atoms with E-state index in [4.69, 9.17) is 10.5 Å². The van der Waals surface area contributed by atoms with Gasteiger partial charge in [-0.2, -0.15) is 0 Å². The largest absolute Gasteiger partial charge is 0.377 e. The monoisotopic (exact) mass is 281 g/mol. The summed E-state index contributed by atoms with van der Waals surface area (Å²) in [7, 11) is 2.12. The fourth-order valence-electron chi connectivity index (χ4n) is 4.44. The van der Waals surface area contributed by atoms with Gasteiger partial charge in [-0.3, -0.25) is 4.79 Å². The van der Waals surface area contributed by atoms with Gasteiger partial charge in [0.1, 0.15) is 5.54 Å². The number of likely N-dealkylation sites (tertiary alicyclic amines) is 1. The minimum absolute atomic E-state index is 0.00884. The molecule has 2 aliphatic heterocycles. The van der Waals surface area contributed by atoms with Crippen molar-refractivity contribution in [3.05, 3.63) is 0 Å². The van der Waals surface area contributed by atoms with E-state index in [0.29, 0.717) is 12.6 Å². The van der Waals surface area contributed by atoms with Crippen LogP contribution in [0.2, 0.25) is 0 Å². The number of rotatable bonds is 3. The lowest BCUT2D eigenvalue weighted by Gasteiger charge is -2.60. The molecule has 3 aliphatic rings. The third kappa shape index (κ3) is 1.76. The molecule has 114 valence electrons. The lowest BCUT2D eigenvalue weighted by molar-refractivity contribution is -0.175. The third-order valence-corrected chi connectivity index (χ3v) is 6.00. The molecule has 1 amide bonds. The predicted molar refractivity (Wildman–Crippen MR) is 77.2 cm³/mol. The number of hydrogen-bond acceptors (Lipinski definition) is 4. The van der Waals surface area contributed by atoms with Crippen LogP contribution in [0.1, 0.15) is 33.1 Å². The van der Waals surface area contributed by atoms with E-state index in [0.717, 1.165) is 26.0 Å². The second-order valence-electron chi connectivity index (χ2n) is 7.26. The molecule has 4 unspecified atom stereocenters. The number of amides is 1. The Morgan fingerprint density at radius 3 is 2.85 bits per heavy atom. The van der Waals surface area contributed by atoms with E-state index in [9.17, 15) is 4.79 Å². The first-order valence-electron chi connectivity index (χ1n) is 7.78. The van der Waals surface area contributed by atoms with Crippen molar-refractivity contribution < 1.29 is 9.53 Å². The smallest absolute Gasteiger partial charge is 0.241 e. The molecular formula is C15H27N3O2. The zero-order valence-corrected chi connectivity index (χ0v) is 12.8. The van der Waals surface area contributed by atoms with Crippen LogP contribution in [0.25, 0.3) is 0 Å². The molecule has 0 aromatic rings. The van der Waals surface area contributed by atoms with Gasteiger partial charge in [-0.15, -0.1) is 0 Å². The highest BCUT2D eigenvalue weighted by Gasteiger charge is 2.71. The topological polar surface area (TPSA) is 67.6 Å². The quantitative estimate of drug-likeness (QED) is 0.783. The molecule has 0 radical (unpaired) electrons. The first-order chi connectivity index (χ1) is 9.39. The first kappa shape index (κ1) is 14.3. The van der Waals surface area contributed by atoms with E-state index < -0.39 is 5.54 Å². The Hall–Kier alpha value is -0.650. The van der Waals surface area contributed by atoms with Crippen LogP contribution in [0.3, 0.4) is 0 Å². The van der Waals surface area contributed by atoms with Gasteiger partial charge >= 0.3 is 0 Å². The molecule has 1 aliphatic carbocycles. The van der Waals surface area contributed by atoms with Gasteiger partial charge in [0.25, 0.3) is 0 Å². The first-order valence-corrected chi connectivity index (χ1v) is 7.78. The summed E-state index contributed by atoms with van der Waals surface area (Å²) in [6.45, 7) is 6.68. The summed E-state index contributed by atoms with van der Waals surface area (Å²) in [5.74, 6) is 0.188. The lowest BCUT2D eigenvalue weighted by atomic mass is 9.48. The molecule has 0 aromatic carbocycles. The molecule has 3 N–H and O–H groups in total. The van der Waals surface area contributed by atoms with Gasteiger partial charge in [0.15, 0.2) is 0 Å². The van der Waals surface area contributed by atoms with Crippen LogP contribution < -0.4 is 11.1 Å². The van der Waals surface area contributed by atoms with Crippen molar-refractivity contribution >= 4 is 5.91 Å². The zero-order chi connectivity index (χ0) is 14.5. The number of carbonyl (C=O) groups excluding carboxylic acids is 1. The fourth-order valence-corrected chi connectivity index (χ4v) is 4.44. The SMILES string of the molecule is CN1CCCC1CNC(=O)C1(N)C2CCOC2C1(C)C. The summed E-state index contributed by atoms with van der Waals surface area (Å²) in [5.41, 5.74) is 5.47. The van der Waals surface area contributed by atoms with Gasteiger partial charge in [-0.1, -0.05) is 13.8 Å². The minimum Gasteiger partial charge on any atom is -0.377 e. The van der Waals surface area contributed by atoms with Crippen molar-refractivity contribution in [3.63, 3.8) is 0 Å². The van der Waals surface area contributed by atoms with Crippen LogP contribution in [0.15, 0.2) is 0 Å². The highest BCUT2D eigenvalue weighted by molar-refractivity contribution is 5.89. The van der Waals surface area contributed by atoms with Crippen LogP contribution in [-0.2, 0) is 9.53 Å². The van der Waals surface area contributed by atoms with Gasteiger partial charge in [-0.25, -0.2) is 0 Å². The Balaban J connectivity index is 1.64. The number of nitrogens with zero attached hydrogens (tertiary/aromatic N) is 1. The summed E-state index contributed by atoms with van der Waals surface area (Å²) in [6, 6.07) is 0.460. The van der Waals surface area contributed by atoms with Crippen molar-refractivity contribution in [1.29, 1.82) is 0 Å². The van der Waals surface area contributed by atoms with Crippen molar-refractivity contribution in [2.24, 2.45) is 17.1 Å². The number of nitrogens with one attached hydrogen (secondary N) is 1. The number of nitrogens with two attached hydrogens (primary N) is 1. The van der Waals surface area contributed by atoms with Gasteiger partial charge in [-0.05, 0) is 32.9 Å². The summed E-state index contributed by atoms with van der Waals surface area (Å²) < 4.78 is 5.74. The highest BCUT2D eigenvalue weighted by atomic mass is 16.5. The van der Waals surface area contributed by atoms with Crippen molar-refractivity contribution in [1.82, 2.24) is 10.2 Å². The maximum Gasteiger partial charge on any atom is 0.241 e. The van der Waals surface area contributed by atoms with Crippen LogP contribution in [-0.4, -0.2) is 55.2 Å². The molecule has 5 heteroatoms. The Labute approximate surface area is 121 Å². The van der Waals surface area contributed by atoms with Gasteiger partial charge in [0.05, 0.1) is 6.10 Å². The van der Waals surface area contributed by atoms with Gasteiger partial charge in [0.2, 0.25) is 5.91 Å². The molecule has 0 aromatic heterocycles. The average molecular weight is 281 g/mol. The molecule has 5 nitrogen and oxygen atoms in total. The Morgan fingerprint density at radius 2 is 2.20 bits per heavy atom. The molecule has 3 fully saturated rings. The van der Waals surface area contributed by atoms with Crippen LogP contribution in [0.4, 0.5) is 0 Å². The van der Waals surface area contributed by atoms with Crippen molar-refractivity contribution in [2.45, 2.75) is 50.8 Å². The number of fused-ring (bicyclic) bond motifs is 1. The summed E-state index contributed by atoms with van der Waals surface area (Å²) in [5, 5.41) is 3.10. The van der Waals surface area contributed by atoms with E-state index in [-0.39, 0.29) is 23.3 Å². The fraction of sp³-hybridized carbons (Fsp3) is 0.933. The maximum absolute atomic E-state index is 12.7. The Bertz CT molecular complexity index is 412. The lowest BCUT2D eigenvalue weighted by Crippen LogP contribution is -2.80. The molecule has 20 heavy (non-hydrogen) atoms. The normalized spacial score (nSPS) is 43.1. The van der Waals surface area contributed by atoms with E-state index >= 15 is 0 Å². The molecule has 1 saturated carbocycles. The third-order valence-electron chi connectivity index (χ3n) is 6.00. The zero-order valence-electron chi connectivity index (χ0n) is 12.8. The van der Waals surface area contributed by atoms with E-state index in [1.807, 2.05) is 0 Å². The average Bonchev–Trinajstić information content (AvgIpc) is 3.03. The molecule has 0 spiro atoms. The Morgan fingerprint density at radius 1 is 1.45 bits per heavy atom. The van der Waals surface area contributed by atoms with Crippen LogP contribution in [0.5, 0.6) is 0 Å². The number of likely N-dealkylation sites (N-methyl/N-ethyl adjacent to an activating group) is 1. The standard InChI is InChI=1S/C15H27N3O2/c1-14(2)12-11(6-8-20-12)15(14,16)13(19)17-9-10-5-4-7-18(10)3/h10-12H,4-9,16H2,1-3H3,(H,17,19). The van der Waals surface area contributed by atoms with Crippen LogP contribution >= 0.6 is 0 Å². The second-order valence-corrected chi connectivity index (χ2v) is 7.26. The number of hydrogen-bond donors (Lipinski definition) is 2. The Kier molecular flexibility index (Phi) is 3.35. The second kappa shape index (κ2) is 4.68. The molecule has 0 bridgehead atoms. The van der Waals surface area contributed by atoms with Crippen molar-refractivity contribution in [2.75, 3.05) is 26.7 Å². The number of ether oxygens (including phenoxy) is 1.